The molecule has 3 rings (SSSR count). The first-order chi connectivity index (χ1) is 15.0. The highest BCUT2D eigenvalue weighted by atomic mass is 35.5. The second-order valence-corrected chi connectivity index (χ2v) is 7.55. The minimum atomic E-state index is -0.708. The van der Waals surface area contributed by atoms with Crippen LogP contribution in [0.1, 0.15) is 42.2 Å². The predicted molar refractivity (Wildman–Crippen MR) is 124 cm³/mol. The first kappa shape index (κ1) is 22.4. The maximum Gasteiger partial charge on any atom is 0.265 e. The van der Waals surface area contributed by atoms with E-state index in [0.29, 0.717) is 28.4 Å². The van der Waals surface area contributed by atoms with Crippen molar-refractivity contribution in [3.05, 3.63) is 95.0 Å². The summed E-state index contributed by atoms with van der Waals surface area (Å²) in [5.41, 5.74) is 1.82. The van der Waals surface area contributed by atoms with Gasteiger partial charge in [-0.2, -0.15) is 0 Å². The summed E-state index contributed by atoms with van der Waals surface area (Å²) in [4.78, 5) is 25.7. The Kier molecular flexibility index (Phi) is 7.68. The van der Waals surface area contributed by atoms with Crippen molar-refractivity contribution < 1.29 is 14.3 Å². The molecule has 0 saturated heterocycles. The Morgan fingerprint density at radius 1 is 0.935 bits per heavy atom. The zero-order chi connectivity index (χ0) is 22.2. The molecule has 0 aliphatic rings. The van der Waals surface area contributed by atoms with Crippen LogP contribution < -0.4 is 15.4 Å². The molecule has 3 aromatic carbocycles. The van der Waals surface area contributed by atoms with Gasteiger partial charge in [-0.15, -0.1) is 0 Å². The van der Waals surface area contributed by atoms with E-state index in [1.807, 2.05) is 44.2 Å². The number of rotatable bonds is 8. The van der Waals surface area contributed by atoms with Crippen molar-refractivity contribution in [1.82, 2.24) is 5.32 Å². The molecule has 2 amide bonds. The van der Waals surface area contributed by atoms with E-state index in [1.165, 1.54) is 0 Å². The number of carbonyl (C=O) groups excluding carboxylic acids is 2. The lowest BCUT2D eigenvalue weighted by atomic mass is 10.1. The number of carbonyl (C=O) groups is 2. The van der Waals surface area contributed by atoms with Gasteiger partial charge in [0.05, 0.1) is 17.3 Å². The molecule has 0 aromatic heterocycles. The molecule has 0 heterocycles. The van der Waals surface area contributed by atoms with Crippen LogP contribution in [0.2, 0.25) is 5.02 Å². The maximum atomic E-state index is 12.9. The van der Waals surface area contributed by atoms with Crippen LogP contribution in [-0.4, -0.2) is 17.9 Å². The Labute approximate surface area is 187 Å². The van der Waals surface area contributed by atoms with E-state index in [9.17, 15) is 9.59 Å². The summed E-state index contributed by atoms with van der Waals surface area (Å²) >= 11 is 5.90. The van der Waals surface area contributed by atoms with Crippen LogP contribution in [0.5, 0.6) is 5.75 Å². The van der Waals surface area contributed by atoms with E-state index in [0.717, 1.165) is 5.56 Å². The smallest absolute Gasteiger partial charge is 0.265 e. The molecule has 31 heavy (non-hydrogen) atoms. The van der Waals surface area contributed by atoms with Crippen molar-refractivity contribution >= 4 is 29.1 Å². The van der Waals surface area contributed by atoms with Crippen LogP contribution in [0.15, 0.2) is 78.9 Å². The molecule has 3 aromatic rings. The number of hydrogen-bond acceptors (Lipinski definition) is 3. The number of ether oxygens (including phenoxy) is 1. The van der Waals surface area contributed by atoms with Gasteiger partial charge in [0, 0.05) is 5.02 Å². The van der Waals surface area contributed by atoms with E-state index < -0.39 is 6.10 Å². The molecule has 0 saturated carbocycles. The number of para-hydroxylation sites is 1. The fraction of sp³-hybridized carbons (Fsp3) is 0.200. The second-order valence-electron chi connectivity index (χ2n) is 7.11. The van der Waals surface area contributed by atoms with Crippen molar-refractivity contribution in [2.75, 3.05) is 5.32 Å². The number of nitrogens with one attached hydrogen (secondary N) is 2. The van der Waals surface area contributed by atoms with Gasteiger partial charge in [0.1, 0.15) is 5.75 Å². The van der Waals surface area contributed by atoms with Crippen LogP contribution in [-0.2, 0) is 4.79 Å². The third kappa shape index (κ3) is 6.09. The van der Waals surface area contributed by atoms with Crippen molar-refractivity contribution in [1.29, 1.82) is 0 Å². The Hall–Kier alpha value is -3.31. The minimum absolute atomic E-state index is 0.172. The van der Waals surface area contributed by atoms with Crippen LogP contribution in [0.4, 0.5) is 5.69 Å². The molecule has 6 heteroatoms. The van der Waals surface area contributed by atoms with Crippen LogP contribution in [0.25, 0.3) is 0 Å². The Balaban J connectivity index is 1.70. The lowest BCUT2D eigenvalue weighted by Crippen LogP contribution is -2.34. The fourth-order valence-electron chi connectivity index (χ4n) is 3.10. The van der Waals surface area contributed by atoms with E-state index in [2.05, 4.69) is 10.6 Å². The molecule has 2 atom stereocenters. The van der Waals surface area contributed by atoms with Crippen molar-refractivity contribution in [3.63, 3.8) is 0 Å². The van der Waals surface area contributed by atoms with Crippen LogP contribution in [0, 0.1) is 0 Å². The standard InChI is InChI=1S/C25H25ClN2O3/c1-3-23(31-20-15-13-19(26)14-16-20)25(30)28-22-12-8-7-11-21(22)24(29)27-17(2)18-9-5-4-6-10-18/h4-17,23H,3H2,1-2H3,(H,27,29)(H,28,30)/t17-,23-/m0/s1. The third-order valence-electron chi connectivity index (χ3n) is 4.83. The average Bonchev–Trinajstić information content (AvgIpc) is 2.79. The van der Waals surface area contributed by atoms with Gasteiger partial charge in [-0.1, -0.05) is 61.0 Å². The highest BCUT2D eigenvalue weighted by Gasteiger charge is 2.21. The summed E-state index contributed by atoms with van der Waals surface area (Å²) in [7, 11) is 0. The quantitative estimate of drug-likeness (QED) is 0.481. The van der Waals surface area contributed by atoms with Gasteiger partial charge in [0.2, 0.25) is 0 Å². The summed E-state index contributed by atoms with van der Waals surface area (Å²) in [5.74, 6) is -0.0400. The maximum absolute atomic E-state index is 12.9. The zero-order valence-electron chi connectivity index (χ0n) is 17.5. The highest BCUT2D eigenvalue weighted by molar-refractivity contribution is 6.30. The summed E-state index contributed by atoms with van der Waals surface area (Å²) in [6.45, 7) is 3.78. The normalized spacial score (nSPS) is 12.5. The molecule has 0 fully saturated rings. The lowest BCUT2D eigenvalue weighted by molar-refractivity contribution is -0.122. The molecule has 0 radical (unpaired) electrons. The van der Waals surface area contributed by atoms with E-state index >= 15 is 0 Å². The summed E-state index contributed by atoms with van der Waals surface area (Å²) in [6, 6.07) is 23.3. The SMILES string of the molecule is CC[C@H](Oc1ccc(Cl)cc1)C(=O)Nc1ccccc1C(=O)N[C@@H](C)c1ccccc1. The van der Waals surface area contributed by atoms with Gasteiger partial charge in [0.25, 0.3) is 11.8 Å². The molecule has 0 aliphatic heterocycles. The first-order valence-corrected chi connectivity index (χ1v) is 10.5. The lowest BCUT2D eigenvalue weighted by Gasteiger charge is -2.19. The summed E-state index contributed by atoms with van der Waals surface area (Å²) < 4.78 is 5.80. The number of benzene rings is 3. The van der Waals surface area contributed by atoms with Gasteiger partial charge in [-0.25, -0.2) is 0 Å². The van der Waals surface area contributed by atoms with Gasteiger partial charge in [-0.05, 0) is 55.3 Å². The summed E-state index contributed by atoms with van der Waals surface area (Å²) in [5, 5.41) is 6.41. The Morgan fingerprint density at radius 2 is 1.58 bits per heavy atom. The molecular formula is C25H25ClN2O3. The first-order valence-electron chi connectivity index (χ1n) is 10.2. The molecule has 0 aliphatic carbocycles. The molecule has 2 N–H and O–H groups in total. The van der Waals surface area contributed by atoms with Gasteiger partial charge >= 0.3 is 0 Å². The number of anilines is 1. The van der Waals surface area contributed by atoms with Crippen LogP contribution >= 0.6 is 11.6 Å². The summed E-state index contributed by atoms with van der Waals surface area (Å²) in [6.07, 6.45) is -0.242. The van der Waals surface area contributed by atoms with E-state index in [4.69, 9.17) is 16.3 Å². The Morgan fingerprint density at radius 3 is 2.26 bits per heavy atom. The highest BCUT2D eigenvalue weighted by Crippen LogP contribution is 2.21. The van der Waals surface area contributed by atoms with Gasteiger partial charge in [-0.3, -0.25) is 9.59 Å². The fourth-order valence-corrected chi connectivity index (χ4v) is 3.23. The topological polar surface area (TPSA) is 67.4 Å². The van der Waals surface area contributed by atoms with E-state index in [1.54, 1.807) is 48.5 Å². The Bertz CT molecular complexity index is 1020. The van der Waals surface area contributed by atoms with Crippen molar-refractivity contribution in [2.24, 2.45) is 0 Å². The minimum Gasteiger partial charge on any atom is -0.481 e. The predicted octanol–water partition coefficient (Wildman–Crippen LogP) is 5.63. The average molecular weight is 437 g/mol. The number of amides is 2. The largest absolute Gasteiger partial charge is 0.481 e. The van der Waals surface area contributed by atoms with Crippen molar-refractivity contribution in [3.8, 4) is 5.75 Å². The van der Waals surface area contributed by atoms with Crippen LogP contribution in [0.3, 0.4) is 0 Å². The molecule has 0 bridgehead atoms. The molecule has 0 unspecified atom stereocenters. The molecule has 0 spiro atoms. The zero-order valence-corrected chi connectivity index (χ0v) is 18.2. The molecular weight excluding hydrogens is 412 g/mol. The second kappa shape index (κ2) is 10.6. The third-order valence-corrected chi connectivity index (χ3v) is 5.08. The number of halogens is 1. The number of hydrogen-bond donors (Lipinski definition) is 2. The molecule has 160 valence electrons. The van der Waals surface area contributed by atoms with Crippen molar-refractivity contribution in [2.45, 2.75) is 32.4 Å². The monoisotopic (exact) mass is 436 g/mol. The van der Waals surface area contributed by atoms with E-state index in [-0.39, 0.29) is 17.9 Å². The molecule has 5 nitrogen and oxygen atoms in total. The van der Waals surface area contributed by atoms with Gasteiger partial charge < -0.3 is 15.4 Å². The van der Waals surface area contributed by atoms with Gasteiger partial charge in [0.15, 0.2) is 6.10 Å².